The molecule has 0 aliphatic rings. The van der Waals surface area contributed by atoms with Gasteiger partial charge < -0.3 is 0 Å². The quantitative estimate of drug-likeness (QED) is 0.675. The van der Waals surface area contributed by atoms with E-state index >= 15 is 0 Å². The monoisotopic (exact) mass is 221 g/mol. The molecule has 0 bridgehead atoms. The first-order valence-corrected chi connectivity index (χ1v) is 4.92. The largest absolute Gasteiger partial charge is 0.260 e. The lowest BCUT2D eigenvalue weighted by molar-refractivity contribution is 1.21. The van der Waals surface area contributed by atoms with Gasteiger partial charge >= 0.3 is 0 Å². The normalized spacial score (nSPS) is 10.4. The fraction of sp³-hybridized carbons (Fsp3) is 0.100. The van der Waals surface area contributed by atoms with E-state index in [-0.39, 0.29) is 0 Å². The molecule has 60 valence electrons. The van der Waals surface area contributed by atoms with Crippen LogP contribution in [0.3, 0.4) is 0 Å². The van der Waals surface area contributed by atoms with E-state index in [1.54, 1.807) is 0 Å². The van der Waals surface area contributed by atoms with Crippen molar-refractivity contribution >= 4 is 26.7 Å². The van der Waals surface area contributed by atoms with Gasteiger partial charge in [-0.25, -0.2) is 0 Å². The van der Waals surface area contributed by atoms with Gasteiger partial charge in [0, 0.05) is 16.9 Å². The number of fused-ring (bicyclic) bond motifs is 1. The summed E-state index contributed by atoms with van der Waals surface area (Å²) in [6, 6.07) is 10.3. The first-order chi connectivity index (χ1) is 5.90. The van der Waals surface area contributed by atoms with Crippen molar-refractivity contribution in [3.8, 4) is 0 Å². The standard InChI is InChI=1S/C10H8BrN/c11-6-10-5-8-3-1-2-4-9(8)7-12-10/h1-5,7H,6H2. The lowest BCUT2D eigenvalue weighted by Gasteiger charge is -1.98. The van der Waals surface area contributed by atoms with Crippen molar-refractivity contribution in [1.82, 2.24) is 4.98 Å². The molecule has 0 N–H and O–H groups in total. The van der Waals surface area contributed by atoms with E-state index in [0.717, 1.165) is 11.0 Å². The average molecular weight is 222 g/mol. The Hall–Kier alpha value is -0.890. The van der Waals surface area contributed by atoms with E-state index in [2.05, 4.69) is 39.1 Å². The van der Waals surface area contributed by atoms with Crippen LogP contribution in [-0.4, -0.2) is 4.98 Å². The second-order valence-corrected chi connectivity index (χ2v) is 3.22. The number of benzene rings is 1. The fourth-order valence-electron chi connectivity index (χ4n) is 1.20. The summed E-state index contributed by atoms with van der Waals surface area (Å²) in [6.07, 6.45) is 1.91. The number of alkyl halides is 1. The molecular weight excluding hydrogens is 214 g/mol. The van der Waals surface area contributed by atoms with Crippen molar-refractivity contribution in [2.24, 2.45) is 0 Å². The summed E-state index contributed by atoms with van der Waals surface area (Å²) in [4.78, 5) is 4.28. The number of rotatable bonds is 1. The Balaban J connectivity index is 2.67. The van der Waals surface area contributed by atoms with Crippen LogP contribution in [0.2, 0.25) is 0 Å². The van der Waals surface area contributed by atoms with E-state index in [0.29, 0.717) is 0 Å². The van der Waals surface area contributed by atoms with Crippen molar-refractivity contribution < 1.29 is 0 Å². The van der Waals surface area contributed by atoms with E-state index in [1.165, 1.54) is 10.8 Å². The van der Waals surface area contributed by atoms with Gasteiger partial charge in [0.15, 0.2) is 0 Å². The molecule has 0 saturated carbocycles. The predicted molar refractivity (Wildman–Crippen MR) is 54.4 cm³/mol. The predicted octanol–water partition coefficient (Wildman–Crippen LogP) is 3.13. The maximum absolute atomic E-state index is 4.28. The lowest BCUT2D eigenvalue weighted by Crippen LogP contribution is -1.83. The molecule has 1 aromatic heterocycles. The third-order valence-electron chi connectivity index (χ3n) is 1.82. The molecular formula is C10H8BrN. The van der Waals surface area contributed by atoms with Crippen LogP contribution in [0.4, 0.5) is 0 Å². The topological polar surface area (TPSA) is 12.9 Å². The Kier molecular flexibility index (Phi) is 2.09. The maximum Gasteiger partial charge on any atom is 0.0515 e. The molecule has 12 heavy (non-hydrogen) atoms. The van der Waals surface area contributed by atoms with Crippen LogP contribution in [-0.2, 0) is 5.33 Å². The molecule has 1 heterocycles. The number of halogens is 1. The Morgan fingerprint density at radius 2 is 1.92 bits per heavy atom. The van der Waals surface area contributed by atoms with Gasteiger partial charge in [0.25, 0.3) is 0 Å². The highest BCUT2D eigenvalue weighted by Crippen LogP contribution is 2.14. The van der Waals surface area contributed by atoms with Crippen LogP contribution in [0.1, 0.15) is 5.69 Å². The van der Waals surface area contributed by atoms with Crippen molar-refractivity contribution in [3.63, 3.8) is 0 Å². The Bertz CT molecular complexity index is 398. The fourth-order valence-corrected chi connectivity index (χ4v) is 1.51. The van der Waals surface area contributed by atoms with E-state index < -0.39 is 0 Å². The summed E-state index contributed by atoms with van der Waals surface area (Å²) < 4.78 is 0. The van der Waals surface area contributed by atoms with Crippen LogP contribution < -0.4 is 0 Å². The molecule has 0 aliphatic carbocycles. The summed E-state index contributed by atoms with van der Waals surface area (Å²) in [5.41, 5.74) is 1.08. The molecule has 1 nitrogen and oxygen atoms in total. The van der Waals surface area contributed by atoms with Gasteiger partial charge in [-0.1, -0.05) is 40.2 Å². The summed E-state index contributed by atoms with van der Waals surface area (Å²) in [7, 11) is 0. The van der Waals surface area contributed by atoms with Gasteiger partial charge in [-0.3, -0.25) is 4.98 Å². The van der Waals surface area contributed by atoms with Gasteiger partial charge in [-0.15, -0.1) is 0 Å². The van der Waals surface area contributed by atoms with Gasteiger partial charge in [0.2, 0.25) is 0 Å². The molecule has 2 aromatic rings. The first kappa shape index (κ1) is 7.74. The minimum absolute atomic E-state index is 0.817. The highest BCUT2D eigenvalue weighted by Gasteiger charge is 1.94. The molecule has 1 aromatic carbocycles. The zero-order valence-electron chi connectivity index (χ0n) is 6.50. The Morgan fingerprint density at radius 1 is 1.17 bits per heavy atom. The second-order valence-electron chi connectivity index (χ2n) is 2.66. The summed E-state index contributed by atoms with van der Waals surface area (Å²) in [5.74, 6) is 0. The summed E-state index contributed by atoms with van der Waals surface area (Å²) in [6.45, 7) is 0. The number of hydrogen-bond acceptors (Lipinski definition) is 1. The van der Waals surface area contributed by atoms with Crippen LogP contribution >= 0.6 is 15.9 Å². The highest BCUT2D eigenvalue weighted by molar-refractivity contribution is 9.08. The molecule has 0 saturated heterocycles. The number of nitrogens with zero attached hydrogens (tertiary/aromatic N) is 1. The molecule has 2 heteroatoms. The van der Waals surface area contributed by atoms with Gasteiger partial charge in [0.05, 0.1) is 5.69 Å². The second kappa shape index (κ2) is 3.23. The Labute approximate surface area is 79.6 Å². The van der Waals surface area contributed by atoms with Crippen LogP contribution in [0.25, 0.3) is 10.8 Å². The molecule has 0 spiro atoms. The van der Waals surface area contributed by atoms with Crippen LogP contribution in [0.5, 0.6) is 0 Å². The molecule has 0 aliphatic heterocycles. The molecule has 0 unspecified atom stereocenters. The third-order valence-corrected chi connectivity index (χ3v) is 2.40. The minimum Gasteiger partial charge on any atom is -0.260 e. The lowest BCUT2D eigenvalue weighted by atomic mass is 10.1. The summed E-state index contributed by atoms with van der Waals surface area (Å²) >= 11 is 3.38. The molecule has 0 radical (unpaired) electrons. The number of hydrogen-bond donors (Lipinski definition) is 0. The zero-order valence-corrected chi connectivity index (χ0v) is 8.08. The van der Waals surface area contributed by atoms with E-state index in [9.17, 15) is 0 Å². The summed E-state index contributed by atoms with van der Waals surface area (Å²) in [5, 5.41) is 3.27. The average Bonchev–Trinajstić information content (AvgIpc) is 2.17. The van der Waals surface area contributed by atoms with Gasteiger partial charge in [-0.05, 0) is 11.5 Å². The van der Waals surface area contributed by atoms with Crippen LogP contribution in [0.15, 0.2) is 36.5 Å². The van der Waals surface area contributed by atoms with Crippen molar-refractivity contribution in [3.05, 3.63) is 42.2 Å². The smallest absolute Gasteiger partial charge is 0.0515 e. The Morgan fingerprint density at radius 3 is 2.67 bits per heavy atom. The van der Waals surface area contributed by atoms with Crippen LogP contribution in [0, 0.1) is 0 Å². The third kappa shape index (κ3) is 1.34. The number of aromatic nitrogens is 1. The van der Waals surface area contributed by atoms with E-state index in [1.807, 2.05) is 18.3 Å². The minimum atomic E-state index is 0.817. The van der Waals surface area contributed by atoms with E-state index in [4.69, 9.17) is 0 Å². The zero-order chi connectivity index (χ0) is 8.39. The molecule has 0 fully saturated rings. The van der Waals surface area contributed by atoms with Gasteiger partial charge in [-0.2, -0.15) is 0 Å². The molecule has 0 amide bonds. The first-order valence-electron chi connectivity index (χ1n) is 3.80. The van der Waals surface area contributed by atoms with Crippen molar-refractivity contribution in [2.75, 3.05) is 0 Å². The number of pyridine rings is 1. The van der Waals surface area contributed by atoms with Gasteiger partial charge in [0.1, 0.15) is 0 Å². The molecule has 0 atom stereocenters. The van der Waals surface area contributed by atoms with Crippen molar-refractivity contribution in [2.45, 2.75) is 5.33 Å². The maximum atomic E-state index is 4.28. The van der Waals surface area contributed by atoms with Crippen molar-refractivity contribution in [1.29, 1.82) is 0 Å². The molecule has 2 rings (SSSR count). The SMILES string of the molecule is BrCc1cc2ccccc2cn1. The highest BCUT2D eigenvalue weighted by atomic mass is 79.9.